The molecule has 0 radical (unpaired) electrons. The third-order valence-corrected chi connectivity index (χ3v) is 2.25. The van der Waals surface area contributed by atoms with Gasteiger partial charge in [0.2, 0.25) is 5.91 Å². The molecule has 15 heavy (non-hydrogen) atoms. The van der Waals surface area contributed by atoms with Gasteiger partial charge in [-0.05, 0) is 24.0 Å². The lowest BCUT2D eigenvalue weighted by Gasteiger charge is -2.03. The second kappa shape index (κ2) is 5.50. The first kappa shape index (κ1) is 11.7. The maximum atomic E-state index is 12.6. The van der Waals surface area contributed by atoms with E-state index in [0.29, 0.717) is 0 Å². The number of hydrogen-bond donors (Lipinski definition) is 2. The summed E-state index contributed by atoms with van der Waals surface area (Å²) in [6.45, 7) is 0. The summed E-state index contributed by atoms with van der Waals surface area (Å²) >= 11 is 1.16. The molecule has 1 rings (SSSR count). The zero-order chi connectivity index (χ0) is 11.3. The minimum Gasteiger partial charge on any atom is -0.305 e. The number of rotatable bonds is 2. The number of halogens is 1. The van der Waals surface area contributed by atoms with E-state index >= 15 is 0 Å². The van der Waals surface area contributed by atoms with E-state index in [1.54, 1.807) is 18.4 Å². The first-order chi connectivity index (χ1) is 7.11. The average molecular weight is 226 g/mol. The van der Waals surface area contributed by atoms with Gasteiger partial charge in [-0.3, -0.25) is 10.2 Å². The van der Waals surface area contributed by atoms with Crippen molar-refractivity contribution in [3.05, 3.63) is 35.6 Å². The fourth-order valence-corrected chi connectivity index (χ4v) is 1.23. The predicted octanol–water partition coefficient (Wildman–Crippen LogP) is 1.78. The topological polar surface area (TPSA) is 53.0 Å². The van der Waals surface area contributed by atoms with Crippen LogP contribution in [0.1, 0.15) is 5.56 Å². The summed E-state index contributed by atoms with van der Waals surface area (Å²) in [7, 11) is 0. The fourth-order valence-electron chi connectivity index (χ4n) is 1.01. The maximum Gasteiger partial charge on any atom is 0.230 e. The van der Waals surface area contributed by atoms with Crippen LogP contribution in [-0.2, 0) is 11.2 Å². The highest BCUT2D eigenvalue weighted by Gasteiger charge is 2.04. The van der Waals surface area contributed by atoms with Gasteiger partial charge in [-0.25, -0.2) is 4.39 Å². The zero-order valence-corrected chi connectivity index (χ0v) is 9.03. The summed E-state index contributed by atoms with van der Waals surface area (Å²) in [6.07, 6.45) is 1.86. The molecule has 0 aliphatic heterocycles. The fraction of sp³-hybridized carbons (Fsp3) is 0.200. The number of nitrogens with one attached hydrogen (secondary N) is 2. The number of amidine groups is 1. The second-order valence-corrected chi connectivity index (χ2v) is 3.70. The Morgan fingerprint density at radius 1 is 1.47 bits per heavy atom. The van der Waals surface area contributed by atoms with Crippen molar-refractivity contribution in [2.75, 3.05) is 6.26 Å². The first-order valence-corrected chi connectivity index (χ1v) is 5.51. The van der Waals surface area contributed by atoms with Crippen molar-refractivity contribution >= 4 is 22.8 Å². The van der Waals surface area contributed by atoms with E-state index in [1.807, 2.05) is 0 Å². The SMILES string of the molecule is CSC(=N)NC(=O)Cc1ccc(F)cc1. The van der Waals surface area contributed by atoms with Gasteiger partial charge in [0.05, 0.1) is 6.42 Å². The van der Waals surface area contributed by atoms with Gasteiger partial charge in [0.25, 0.3) is 0 Å². The van der Waals surface area contributed by atoms with Crippen LogP contribution in [0.4, 0.5) is 4.39 Å². The number of carbonyl (C=O) groups excluding carboxylic acids is 1. The number of hydrogen-bond acceptors (Lipinski definition) is 3. The standard InChI is InChI=1S/C10H11FN2OS/c1-15-10(12)13-9(14)6-7-2-4-8(11)5-3-7/h2-5H,6H2,1H3,(H2,12,13,14). The third-order valence-electron chi connectivity index (χ3n) is 1.74. The van der Waals surface area contributed by atoms with Gasteiger partial charge in [0, 0.05) is 0 Å². The summed E-state index contributed by atoms with van der Waals surface area (Å²) in [5.41, 5.74) is 0.725. The van der Waals surface area contributed by atoms with Gasteiger partial charge in [-0.1, -0.05) is 23.9 Å². The molecule has 0 aliphatic rings. The third kappa shape index (κ3) is 4.12. The Labute approximate surface area is 91.6 Å². The molecule has 0 aromatic heterocycles. The van der Waals surface area contributed by atoms with Gasteiger partial charge in [0.15, 0.2) is 5.17 Å². The highest BCUT2D eigenvalue weighted by Crippen LogP contribution is 2.03. The molecule has 0 saturated heterocycles. The van der Waals surface area contributed by atoms with Crippen LogP contribution < -0.4 is 5.32 Å². The van der Waals surface area contributed by atoms with Crippen LogP contribution in [0, 0.1) is 11.2 Å². The van der Waals surface area contributed by atoms with E-state index in [1.165, 1.54) is 12.1 Å². The Balaban J connectivity index is 2.51. The van der Waals surface area contributed by atoms with Crippen molar-refractivity contribution in [1.82, 2.24) is 5.32 Å². The molecule has 0 spiro atoms. The van der Waals surface area contributed by atoms with Crippen LogP contribution in [0.5, 0.6) is 0 Å². The average Bonchev–Trinajstić information content (AvgIpc) is 2.21. The molecule has 2 N–H and O–H groups in total. The molecule has 3 nitrogen and oxygen atoms in total. The molecule has 80 valence electrons. The Kier molecular flexibility index (Phi) is 4.30. The van der Waals surface area contributed by atoms with Crippen molar-refractivity contribution in [2.24, 2.45) is 0 Å². The van der Waals surface area contributed by atoms with Gasteiger partial charge in [0.1, 0.15) is 5.82 Å². The minimum absolute atomic E-state index is 0.113. The van der Waals surface area contributed by atoms with Crippen LogP contribution in [0.25, 0.3) is 0 Å². The normalized spacial score (nSPS) is 9.73. The van der Waals surface area contributed by atoms with Gasteiger partial charge in [-0.15, -0.1) is 0 Å². The van der Waals surface area contributed by atoms with Crippen molar-refractivity contribution in [1.29, 1.82) is 5.41 Å². The van der Waals surface area contributed by atoms with Gasteiger partial charge < -0.3 is 5.32 Å². The molecule has 0 atom stereocenters. The van der Waals surface area contributed by atoms with Crippen LogP contribution in [0.15, 0.2) is 24.3 Å². The molecular formula is C10H11FN2OS. The van der Waals surface area contributed by atoms with E-state index in [9.17, 15) is 9.18 Å². The van der Waals surface area contributed by atoms with Gasteiger partial charge in [-0.2, -0.15) is 0 Å². The Hall–Kier alpha value is -1.36. The monoisotopic (exact) mass is 226 g/mol. The van der Waals surface area contributed by atoms with E-state index in [-0.39, 0.29) is 23.3 Å². The van der Waals surface area contributed by atoms with E-state index < -0.39 is 0 Å². The molecule has 0 aliphatic carbocycles. The van der Waals surface area contributed by atoms with Crippen molar-refractivity contribution in [3.8, 4) is 0 Å². The lowest BCUT2D eigenvalue weighted by Crippen LogP contribution is -2.28. The van der Waals surface area contributed by atoms with Crippen LogP contribution >= 0.6 is 11.8 Å². The highest BCUT2D eigenvalue weighted by molar-refractivity contribution is 8.13. The van der Waals surface area contributed by atoms with E-state index in [4.69, 9.17) is 5.41 Å². The molecule has 1 aromatic carbocycles. The van der Waals surface area contributed by atoms with E-state index in [2.05, 4.69) is 5.32 Å². The molecule has 0 fully saturated rings. The zero-order valence-electron chi connectivity index (χ0n) is 8.21. The summed E-state index contributed by atoms with van der Waals surface area (Å²) in [5, 5.41) is 9.76. The molecule has 0 unspecified atom stereocenters. The molecule has 0 heterocycles. The Morgan fingerprint density at radius 2 is 2.07 bits per heavy atom. The van der Waals surface area contributed by atoms with Crippen LogP contribution in [0.2, 0.25) is 0 Å². The largest absolute Gasteiger partial charge is 0.305 e. The predicted molar refractivity (Wildman–Crippen MR) is 59.5 cm³/mol. The summed E-state index contributed by atoms with van der Waals surface area (Å²) in [4.78, 5) is 11.3. The van der Waals surface area contributed by atoms with Crippen molar-refractivity contribution < 1.29 is 9.18 Å². The molecule has 5 heteroatoms. The smallest absolute Gasteiger partial charge is 0.230 e. The number of thioether (sulfide) groups is 1. The molecule has 0 saturated carbocycles. The number of carbonyl (C=O) groups is 1. The first-order valence-electron chi connectivity index (χ1n) is 4.28. The summed E-state index contributed by atoms with van der Waals surface area (Å²) in [5.74, 6) is -0.586. The number of amides is 1. The highest BCUT2D eigenvalue weighted by atomic mass is 32.2. The molecular weight excluding hydrogens is 215 g/mol. The molecule has 1 amide bonds. The van der Waals surface area contributed by atoms with E-state index in [0.717, 1.165) is 17.3 Å². The van der Waals surface area contributed by atoms with Gasteiger partial charge >= 0.3 is 0 Å². The van der Waals surface area contributed by atoms with Crippen molar-refractivity contribution in [3.63, 3.8) is 0 Å². The van der Waals surface area contributed by atoms with Crippen LogP contribution in [-0.4, -0.2) is 17.3 Å². The Bertz CT molecular complexity index is 364. The van der Waals surface area contributed by atoms with Crippen molar-refractivity contribution in [2.45, 2.75) is 6.42 Å². The quantitative estimate of drug-likeness (QED) is 0.596. The molecule has 0 bridgehead atoms. The summed E-state index contributed by atoms with van der Waals surface area (Å²) in [6, 6.07) is 5.72. The lowest BCUT2D eigenvalue weighted by molar-refractivity contribution is -0.119. The molecule has 1 aromatic rings. The summed E-state index contributed by atoms with van der Waals surface area (Å²) < 4.78 is 12.6. The lowest BCUT2D eigenvalue weighted by atomic mass is 10.1. The van der Waals surface area contributed by atoms with Crippen LogP contribution in [0.3, 0.4) is 0 Å². The minimum atomic E-state index is -0.323. The maximum absolute atomic E-state index is 12.6. The second-order valence-electron chi connectivity index (χ2n) is 2.88. The number of benzene rings is 1. The Morgan fingerprint density at radius 3 is 2.60 bits per heavy atom.